The van der Waals surface area contributed by atoms with Gasteiger partial charge in [0.05, 0.1) is 35.8 Å². The number of hydrogen-bond acceptors (Lipinski definition) is 6. The van der Waals surface area contributed by atoms with E-state index < -0.39 is 15.4 Å². The van der Waals surface area contributed by atoms with E-state index in [0.717, 1.165) is 0 Å². The lowest BCUT2D eigenvalue weighted by Gasteiger charge is -2.26. The fourth-order valence-electron chi connectivity index (χ4n) is 4.25. The summed E-state index contributed by atoms with van der Waals surface area (Å²) in [6.45, 7) is 6.86. The molecular weight excluding hydrogens is 458 g/mol. The Morgan fingerprint density at radius 1 is 1.15 bits per heavy atom. The Bertz CT molecular complexity index is 1200. The third-order valence-electron chi connectivity index (χ3n) is 6.08. The molecule has 1 N–H and O–H groups in total. The van der Waals surface area contributed by atoms with Crippen LogP contribution in [0.4, 0.5) is 11.4 Å². The van der Waals surface area contributed by atoms with Gasteiger partial charge in [-0.2, -0.15) is 4.31 Å². The number of morpholine rings is 1. The summed E-state index contributed by atoms with van der Waals surface area (Å²) < 4.78 is 38.5. The van der Waals surface area contributed by atoms with Crippen LogP contribution in [0, 0.1) is 0 Å². The first-order valence-corrected chi connectivity index (χ1v) is 12.7. The number of fused-ring (bicyclic) bond motifs is 1. The van der Waals surface area contributed by atoms with Gasteiger partial charge in [0, 0.05) is 18.8 Å². The number of carbonyl (C=O) groups excluding carboxylic acids is 2. The molecule has 2 amide bonds. The van der Waals surface area contributed by atoms with E-state index in [4.69, 9.17) is 9.47 Å². The van der Waals surface area contributed by atoms with Crippen LogP contribution in [0.15, 0.2) is 47.4 Å². The second-order valence-corrected chi connectivity index (χ2v) is 10.6. The largest absolute Gasteiger partial charge is 0.492 e. The molecule has 1 fully saturated rings. The van der Waals surface area contributed by atoms with E-state index in [0.29, 0.717) is 42.5 Å². The van der Waals surface area contributed by atoms with E-state index in [-0.39, 0.29) is 36.3 Å². The quantitative estimate of drug-likeness (QED) is 0.643. The number of sulfonamides is 1. The van der Waals surface area contributed by atoms with Gasteiger partial charge in [-0.05, 0) is 56.7 Å². The predicted octanol–water partition coefficient (Wildman–Crippen LogP) is 2.37. The van der Waals surface area contributed by atoms with Crippen molar-refractivity contribution in [2.24, 2.45) is 0 Å². The van der Waals surface area contributed by atoms with Crippen molar-refractivity contribution in [3.05, 3.63) is 48.0 Å². The Balaban J connectivity index is 1.59. The Morgan fingerprint density at radius 3 is 2.56 bits per heavy atom. The van der Waals surface area contributed by atoms with E-state index in [9.17, 15) is 18.0 Å². The van der Waals surface area contributed by atoms with E-state index >= 15 is 0 Å². The van der Waals surface area contributed by atoms with Crippen molar-refractivity contribution in [3.8, 4) is 5.75 Å². The van der Waals surface area contributed by atoms with Crippen LogP contribution in [0.1, 0.15) is 26.3 Å². The Labute approximate surface area is 199 Å². The normalized spacial score (nSPS) is 18.0. The number of benzene rings is 2. The molecule has 0 aliphatic carbocycles. The predicted molar refractivity (Wildman–Crippen MR) is 128 cm³/mol. The highest BCUT2D eigenvalue weighted by molar-refractivity contribution is 7.89. The summed E-state index contributed by atoms with van der Waals surface area (Å²) in [6.07, 6.45) is 0. The molecule has 4 rings (SSSR count). The molecule has 0 aromatic heterocycles. The van der Waals surface area contributed by atoms with Gasteiger partial charge in [0.2, 0.25) is 21.8 Å². The number of nitrogens with zero attached hydrogens (tertiary/aromatic N) is 2. The topological polar surface area (TPSA) is 105 Å². The third-order valence-corrected chi connectivity index (χ3v) is 7.98. The summed E-state index contributed by atoms with van der Waals surface area (Å²) in [5.41, 5.74) is 0.654. The Kier molecular flexibility index (Phi) is 6.66. The van der Waals surface area contributed by atoms with Crippen LogP contribution in [0.25, 0.3) is 0 Å². The summed E-state index contributed by atoms with van der Waals surface area (Å²) in [5, 5.41) is 2.81. The number of para-hydroxylation sites is 2. The standard InChI is InChI=1S/C24H29N3O6S/c1-4-33-21-8-6-5-7-19(21)25-22(28)16-27-20-10-9-17(15-18(20)24(2,3)23(27)29)34(30,31)26-11-13-32-14-12-26/h5-10,15H,4,11-14,16H2,1-3H3,(H,25,28). The van der Waals surface area contributed by atoms with Crippen molar-refractivity contribution in [1.82, 2.24) is 4.31 Å². The van der Waals surface area contributed by atoms with Crippen molar-refractivity contribution >= 4 is 33.2 Å². The van der Waals surface area contributed by atoms with Crippen molar-refractivity contribution in [2.75, 3.05) is 49.7 Å². The van der Waals surface area contributed by atoms with Crippen LogP contribution in [-0.2, 0) is 29.8 Å². The lowest BCUT2D eigenvalue weighted by molar-refractivity contribution is -0.124. The molecule has 9 nitrogen and oxygen atoms in total. The van der Waals surface area contributed by atoms with Crippen LogP contribution in [0.3, 0.4) is 0 Å². The zero-order valence-corrected chi connectivity index (χ0v) is 20.4. The highest BCUT2D eigenvalue weighted by Crippen LogP contribution is 2.42. The monoisotopic (exact) mass is 487 g/mol. The molecule has 10 heteroatoms. The number of nitrogens with one attached hydrogen (secondary N) is 1. The second-order valence-electron chi connectivity index (χ2n) is 8.69. The Hall–Kier alpha value is -2.95. The van der Waals surface area contributed by atoms with E-state index in [1.165, 1.54) is 15.3 Å². The lowest BCUT2D eigenvalue weighted by Crippen LogP contribution is -2.41. The zero-order chi connectivity index (χ0) is 24.5. The highest BCUT2D eigenvalue weighted by atomic mass is 32.2. The first kappa shape index (κ1) is 24.2. The maximum absolute atomic E-state index is 13.2. The molecule has 1 saturated heterocycles. The lowest BCUT2D eigenvalue weighted by atomic mass is 9.86. The molecule has 0 radical (unpaired) electrons. The fraction of sp³-hybridized carbons (Fsp3) is 0.417. The molecule has 0 saturated carbocycles. The summed E-state index contributed by atoms with van der Waals surface area (Å²) in [5.74, 6) is -0.101. The maximum atomic E-state index is 13.2. The van der Waals surface area contributed by atoms with Gasteiger partial charge in [-0.3, -0.25) is 9.59 Å². The SMILES string of the molecule is CCOc1ccccc1NC(=O)CN1C(=O)C(C)(C)c2cc(S(=O)(=O)N3CCOCC3)ccc21. The van der Waals surface area contributed by atoms with Gasteiger partial charge in [-0.15, -0.1) is 0 Å². The molecule has 182 valence electrons. The van der Waals surface area contributed by atoms with Crippen molar-refractivity contribution in [3.63, 3.8) is 0 Å². The molecule has 34 heavy (non-hydrogen) atoms. The van der Waals surface area contributed by atoms with Crippen LogP contribution in [-0.4, -0.2) is 64.0 Å². The molecule has 2 aliphatic heterocycles. The van der Waals surface area contributed by atoms with Crippen molar-refractivity contribution < 1.29 is 27.5 Å². The van der Waals surface area contributed by atoms with Crippen LogP contribution in [0.5, 0.6) is 5.75 Å². The molecule has 0 bridgehead atoms. The maximum Gasteiger partial charge on any atom is 0.244 e. The highest BCUT2D eigenvalue weighted by Gasteiger charge is 2.45. The van der Waals surface area contributed by atoms with Crippen molar-refractivity contribution in [1.29, 1.82) is 0 Å². The second kappa shape index (κ2) is 9.36. The minimum absolute atomic E-state index is 0.131. The third kappa shape index (κ3) is 4.40. The fourth-order valence-corrected chi connectivity index (χ4v) is 5.69. The summed E-state index contributed by atoms with van der Waals surface area (Å²) >= 11 is 0. The number of hydrogen-bond donors (Lipinski definition) is 1. The molecular formula is C24H29N3O6S. The number of anilines is 2. The van der Waals surface area contributed by atoms with Gasteiger partial charge in [-0.1, -0.05) is 12.1 Å². The van der Waals surface area contributed by atoms with E-state index in [1.807, 2.05) is 13.0 Å². The molecule has 2 aromatic carbocycles. The van der Waals surface area contributed by atoms with E-state index in [1.54, 1.807) is 44.2 Å². The van der Waals surface area contributed by atoms with Crippen molar-refractivity contribution in [2.45, 2.75) is 31.1 Å². The van der Waals surface area contributed by atoms with Crippen LogP contribution < -0.4 is 15.0 Å². The van der Waals surface area contributed by atoms with Crippen LogP contribution in [0.2, 0.25) is 0 Å². The van der Waals surface area contributed by atoms with E-state index in [2.05, 4.69) is 5.32 Å². The molecule has 0 spiro atoms. The first-order valence-electron chi connectivity index (χ1n) is 11.2. The minimum Gasteiger partial charge on any atom is -0.492 e. The van der Waals surface area contributed by atoms with Gasteiger partial charge in [0.15, 0.2) is 0 Å². The number of ether oxygens (including phenoxy) is 2. The average molecular weight is 488 g/mol. The average Bonchev–Trinajstić information content (AvgIpc) is 3.01. The van der Waals surface area contributed by atoms with Gasteiger partial charge >= 0.3 is 0 Å². The molecule has 2 heterocycles. The van der Waals surface area contributed by atoms with Crippen LogP contribution >= 0.6 is 0 Å². The van der Waals surface area contributed by atoms with Gasteiger partial charge in [0.25, 0.3) is 0 Å². The summed E-state index contributed by atoms with van der Waals surface area (Å²) in [4.78, 5) is 27.6. The van der Waals surface area contributed by atoms with Gasteiger partial charge < -0.3 is 19.7 Å². The number of amides is 2. The number of carbonyl (C=O) groups is 2. The summed E-state index contributed by atoms with van der Waals surface area (Å²) in [7, 11) is -3.71. The Morgan fingerprint density at radius 2 is 1.85 bits per heavy atom. The molecule has 0 atom stereocenters. The minimum atomic E-state index is -3.71. The molecule has 0 unspecified atom stereocenters. The smallest absolute Gasteiger partial charge is 0.244 e. The van der Waals surface area contributed by atoms with Gasteiger partial charge in [0.1, 0.15) is 12.3 Å². The molecule has 2 aromatic rings. The van der Waals surface area contributed by atoms with Gasteiger partial charge in [-0.25, -0.2) is 8.42 Å². The zero-order valence-electron chi connectivity index (χ0n) is 19.5. The summed E-state index contributed by atoms with van der Waals surface area (Å²) in [6, 6.07) is 11.7. The first-order chi connectivity index (χ1) is 16.2. The number of rotatable bonds is 7. The molecule has 2 aliphatic rings.